The molecule has 0 saturated heterocycles. The van der Waals surface area contributed by atoms with E-state index in [4.69, 9.17) is 16.7 Å². The Bertz CT molecular complexity index is 439. The molecule has 2 unspecified atom stereocenters. The van der Waals surface area contributed by atoms with E-state index in [0.717, 1.165) is 17.7 Å². The summed E-state index contributed by atoms with van der Waals surface area (Å²) >= 11 is 7.78. The molecule has 0 bridgehead atoms. The summed E-state index contributed by atoms with van der Waals surface area (Å²) in [5.41, 5.74) is 1.11. The summed E-state index contributed by atoms with van der Waals surface area (Å²) in [5, 5.41) is 12.7. The molecule has 2 rings (SSSR count). The summed E-state index contributed by atoms with van der Waals surface area (Å²) in [6.07, 6.45) is 0.926. The lowest BCUT2D eigenvalue weighted by molar-refractivity contribution is -0.139. The van der Waals surface area contributed by atoms with Crippen LogP contribution in [0.1, 0.15) is 24.9 Å². The lowest BCUT2D eigenvalue weighted by Crippen LogP contribution is -2.37. The standard InChI is InChI=1S/C12H14ClNO2S/c1-7(12(15)16)14-10-4-5-17-11-3-2-8(13)6-9(10)11/h2-3,6-7,10,14H,4-5H2,1H3,(H,15,16). The second-order valence-corrected chi connectivity index (χ2v) is 5.67. The van der Waals surface area contributed by atoms with Crippen molar-refractivity contribution in [3.63, 3.8) is 0 Å². The van der Waals surface area contributed by atoms with Crippen LogP contribution in [0, 0.1) is 0 Å². The van der Waals surface area contributed by atoms with Crippen LogP contribution in [0.5, 0.6) is 0 Å². The zero-order chi connectivity index (χ0) is 12.4. The first kappa shape index (κ1) is 12.7. The lowest BCUT2D eigenvalue weighted by atomic mass is 10.0. The van der Waals surface area contributed by atoms with Gasteiger partial charge in [-0.1, -0.05) is 11.6 Å². The zero-order valence-corrected chi connectivity index (χ0v) is 11.0. The van der Waals surface area contributed by atoms with Gasteiger partial charge in [-0.15, -0.1) is 11.8 Å². The molecular weight excluding hydrogens is 258 g/mol. The Hall–Kier alpha value is -0.710. The highest BCUT2D eigenvalue weighted by Crippen LogP contribution is 2.37. The summed E-state index contributed by atoms with van der Waals surface area (Å²) < 4.78 is 0. The average molecular weight is 272 g/mol. The van der Waals surface area contributed by atoms with E-state index in [9.17, 15) is 4.79 Å². The smallest absolute Gasteiger partial charge is 0.320 e. The van der Waals surface area contributed by atoms with Gasteiger partial charge in [0.05, 0.1) is 0 Å². The van der Waals surface area contributed by atoms with Crippen LogP contribution in [0.3, 0.4) is 0 Å². The van der Waals surface area contributed by atoms with Gasteiger partial charge in [-0.3, -0.25) is 10.1 Å². The molecule has 1 aliphatic heterocycles. The molecule has 0 fully saturated rings. The van der Waals surface area contributed by atoms with Crippen LogP contribution in [0.15, 0.2) is 23.1 Å². The van der Waals surface area contributed by atoms with Gasteiger partial charge in [0.2, 0.25) is 0 Å². The van der Waals surface area contributed by atoms with Crippen molar-refractivity contribution >= 4 is 29.3 Å². The first-order chi connectivity index (χ1) is 8.08. The van der Waals surface area contributed by atoms with Crippen LogP contribution in [0.25, 0.3) is 0 Å². The second kappa shape index (κ2) is 5.29. The third-order valence-electron chi connectivity index (χ3n) is 2.83. The number of rotatable bonds is 3. The minimum absolute atomic E-state index is 0.0797. The summed E-state index contributed by atoms with van der Waals surface area (Å²) in [4.78, 5) is 12.0. The van der Waals surface area contributed by atoms with Crippen LogP contribution in [0.4, 0.5) is 0 Å². The van der Waals surface area contributed by atoms with Crippen molar-refractivity contribution in [2.45, 2.75) is 30.3 Å². The Morgan fingerprint density at radius 1 is 1.65 bits per heavy atom. The van der Waals surface area contributed by atoms with Gasteiger partial charge in [0.1, 0.15) is 6.04 Å². The largest absolute Gasteiger partial charge is 0.480 e. The normalized spacial score (nSPS) is 20.7. The van der Waals surface area contributed by atoms with Crippen molar-refractivity contribution in [1.29, 1.82) is 0 Å². The van der Waals surface area contributed by atoms with Crippen molar-refractivity contribution in [1.82, 2.24) is 5.32 Å². The van der Waals surface area contributed by atoms with E-state index in [1.807, 2.05) is 18.2 Å². The molecule has 5 heteroatoms. The maximum Gasteiger partial charge on any atom is 0.320 e. The highest BCUT2D eigenvalue weighted by atomic mass is 35.5. The van der Waals surface area contributed by atoms with Crippen molar-refractivity contribution in [3.05, 3.63) is 28.8 Å². The van der Waals surface area contributed by atoms with Crippen LogP contribution >= 0.6 is 23.4 Å². The molecule has 0 aromatic heterocycles. The Labute approximate surface area is 110 Å². The van der Waals surface area contributed by atoms with Crippen molar-refractivity contribution < 1.29 is 9.90 Å². The fraction of sp³-hybridized carbons (Fsp3) is 0.417. The molecule has 1 aliphatic rings. The Morgan fingerprint density at radius 2 is 2.41 bits per heavy atom. The number of carboxylic acids is 1. The number of hydrogen-bond donors (Lipinski definition) is 2. The monoisotopic (exact) mass is 271 g/mol. The van der Waals surface area contributed by atoms with E-state index < -0.39 is 12.0 Å². The molecular formula is C12H14ClNO2S. The van der Waals surface area contributed by atoms with Gasteiger partial charge in [-0.2, -0.15) is 0 Å². The number of hydrogen-bond acceptors (Lipinski definition) is 3. The number of halogens is 1. The Kier molecular flexibility index (Phi) is 3.97. The van der Waals surface area contributed by atoms with Crippen LogP contribution in [-0.2, 0) is 4.79 Å². The summed E-state index contributed by atoms with van der Waals surface area (Å²) in [6.45, 7) is 1.66. The molecule has 2 atom stereocenters. The number of carbonyl (C=O) groups is 1. The van der Waals surface area contributed by atoms with E-state index in [1.54, 1.807) is 18.7 Å². The van der Waals surface area contributed by atoms with Gasteiger partial charge >= 0.3 is 5.97 Å². The molecule has 17 heavy (non-hydrogen) atoms. The van der Waals surface area contributed by atoms with Gasteiger partial charge in [0.15, 0.2) is 0 Å². The first-order valence-electron chi connectivity index (χ1n) is 5.49. The SMILES string of the molecule is CC(NC1CCSc2ccc(Cl)cc21)C(=O)O. The van der Waals surface area contributed by atoms with Crippen molar-refractivity contribution in [3.8, 4) is 0 Å². The minimum Gasteiger partial charge on any atom is -0.480 e. The van der Waals surface area contributed by atoms with E-state index in [-0.39, 0.29) is 6.04 Å². The summed E-state index contributed by atoms with van der Waals surface area (Å²) in [5.74, 6) is 0.172. The van der Waals surface area contributed by atoms with Crippen LogP contribution < -0.4 is 5.32 Å². The maximum absolute atomic E-state index is 10.9. The predicted octanol–water partition coefficient (Wildman–Crippen LogP) is 2.94. The van der Waals surface area contributed by atoms with Crippen molar-refractivity contribution in [2.24, 2.45) is 0 Å². The number of fused-ring (bicyclic) bond motifs is 1. The highest BCUT2D eigenvalue weighted by Gasteiger charge is 2.24. The number of benzene rings is 1. The lowest BCUT2D eigenvalue weighted by Gasteiger charge is -2.27. The van der Waals surface area contributed by atoms with E-state index in [2.05, 4.69) is 5.32 Å². The average Bonchev–Trinajstić information content (AvgIpc) is 2.29. The number of aliphatic carboxylic acids is 1. The first-order valence-corrected chi connectivity index (χ1v) is 6.85. The predicted molar refractivity (Wildman–Crippen MR) is 69.8 cm³/mol. The third kappa shape index (κ3) is 2.94. The topological polar surface area (TPSA) is 49.3 Å². The molecule has 0 aliphatic carbocycles. The third-order valence-corrected chi connectivity index (χ3v) is 4.19. The quantitative estimate of drug-likeness (QED) is 0.887. The van der Waals surface area contributed by atoms with Gasteiger partial charge in [-0.25, -0.2) is 0 Å². The molecule has 0 radical (unpaired) electrons. The Morgan fingerprint density at radius 3 is 3.12 bits per heavy atom. The molecule has 92 valence electrons. The van der Waals surface area contributed by atoms with Crippen LogP contribution in [-0.4, -0.2) is 22.9 Å². The number of thioether (sulfide) groups is 1. The molecule has 0 saturated carbocycles. The molecule has 1 aromatic carbocycles. The highest BCUT2D eigenvalue weighted by molar-refractivity contribution is 7.99. The zero-order valence-electron chi connectivity index (χ0n) is 9.44. The number of carboxylic acid groups (broad SMARTS) is 1. The Balaban J connectivity index is 2.22. The maximum atomic E-state index is 10.9. The molecule has 3 nitrogen and oxygen atoms in total. The number of nitrogens with one attached hydrogen (secondary N) is 1. The fourth-order valence-corrected chi connectivity index (χ4v) is 3.20. The molecule has 1 aromatic rings. The van der Waals surface area contributed by atoms with Gasteiger partial charge in [0, 0.05) is 16.0 Å². The summed E-state index contributed by atoms with van der Waals surface area (Å²) in [7, 11) is 0. The summed E-state index contributed by atoms with van der Waals surface area (Å²) in [6, 6.07) is 5.33. The van der Waals surface area contributed by atoms with Crippen LogP contribution in [0.2, 0.25) is 5.02 Å². The molecule has 2 N–H and O–H groups in total. The van der Waals surface area contributed by atoms with E-state index in [1.165, 1.54) is 4.90 Å². The van der Waals surface area contributed by atoms with Gasteiger partial charge in [-0.05, 0) is 42.9 Å². The molecule has 0 amide bonds. The fourth-order valence-electron chi connectivity index (χ4n) is 1.91. The molecule has 1 heterocycles. The van der Waals surface area contributed by atoms with E-state index >= 15 is 0 Å². The minimum atomic E-state index is -0.827. The second-order valence-electron chi connectivity index (χ2n) is 4.10. The molecule has 0 spiro atoms. The van der Waals surface area contributed by atoms with Gasteiger partial charge in [0.25, 0.3) is 0 Å². The van der Waals surface area contributed by atoms with Gasteiger partial charge < -0.3 is 5.11 Å². The van der Waals surface area contributed by atoms with Crippen molar-refractivity contribution in [2.75, 3.05) is 5.75 Å². The van der Waals surface area contributed by atoms with E-state index in [0.29, 0.717) is 5.02 Å².